The smallest absolute Gasteiger partial charge is 0.131 e. The van der Waals surface area contributed by atoms with Gasteiger partial charge in [0.05, 0.1) is 0 Å². The predicted molar refractivity (Wildman–Crippen MR) is 78.9 cm³/mol. The molecule has 0 aliphatic carbocycles. The number of nitrogens with one attached hydrogen (secondary N) is 1. The lowest BCUT2D eigenvalue weighted by Crippen LogP contribution is -2.13. The summed E-state index contributed by atoms with van der Waals surface area (Å²) in [6.07, 6.45) is 2.00. The van der Waals surface area contributed by atoms with Crippen molar-refractivity contribution in [3.8, 4) is 0 Å². The third kappa shape index (κ3) is 4.15. The van der Waals surface area contributed by atoms with Gasteiger partial charge in [0, 0.05) is 17.4 Å². The van der Waals surface area contributed by atoms with Crippen molar-refractivity contribution < 1.29 is 0 Å². The predicted octanol–water partition coefficient (Wildman–Crippen LogP) is 3.39. The number of nitrogens with zero attached hydrogens (tertiary/aromatic N) is 2. The van der Waals surface area contributed by atoms with Gasteiger partial charge >= 0.3 is 0 Å². The molecule has 1 N–H and O–H groups in total. The van der Waals surface area contributed by atoms with Gasteiger partial charge in [-0.3, -0.25) is 0 Å². The van der Waals surface area contributed by atoms with E-state index < -0.39 is 0 Å². The number of hydrogen-bond donors (Lipinski definition) is 1. The molecule has 5 heteroatoms. The van der Waals surface area contributed by atoms with Gasteiger partial charge in [-0.25, -0.2) is 0 Å². The number of halogens is 1. The fourth-order valence-electron chi connectivity index (χ4n) is 1.58. The van der Waals surface area contributed by atoms with Crippen molar-refractivity contribution >= 4 is 27.3 Å². The summed E-state index contributed by atoms with van der Waals surface area (Å²) < 4.78 is 1.10. The van der Waals surface area contributed by atoms with Gasteiger partial charge in [-0.2, -0.15) is 0 Å². The van der Waals surface area contributed by atoms with Crippen molar-refractivity contribution in [3.05, 3.63) is 44.3 Å². The summed E-state index contributed by atoms with van der Waals surface area (Å²) in [5.74, 6) is 0. The molecule has 2 aromatic rings. The lowest BCUT2D eigenvalue weighted by Gasteiger charge is -1.98. The van der Waals surface area contributed by atoms with Crippen LogP contribution >= 0.6 is 27.3 Å². The summed E-state index contributed by atoms with van der Waals surface area (Å²) >= 11 is 5.12. The van der Waals surface area contributed by atoms with Crippen molar-refractivity contribution in [2.45, 2.75) is 26.3 Å². The Kier molecular flexibility index (Phi) is 5.28. The maximum absolute atomic E-state index is 4.23. The molecule has 1 aromatic carbocycles. The molecule has 0 radical (unpaired) electrons. The van der Waals surface area contributed by atoms with Gasteiger partial charge < -0.3 is 5.32 Å². The average Bonchev–Trinajstić information content (AvgIpc) is 2.80. The summed E-state index contributed by atoms with van der Waals surface area (Å²) in [7, 11) is 0. The molecule has 0 aliphatic heterocycles. The van der Waals surface area contributed by atoms with Crippen LogP contribution in [0.3, 0.4) is 0 Å². The Morgan fingerprint density at radius 2 is 1.89 bits per heavy atom. The van der Waals surface area contributed by atoms with Crippen molar-refractivity contribution in [1.29, 1.82) is 0 Å². The van der Waals surface area contributed by atoms with Crippen LogP contribution in [0.15, 0.2) is 28.7 Å². The first kappa shape index (κ1) is 13.6. The van der Waals surface area contributed by atoms with E-state index in [0.29, 0.717) is 0 Å². The van der Waals surface area contributed by atoms with E-state index in [2.05, 4.69) is 62.6 Å². The first-order chi connectivity index (χ1) is 8.78. The first-order valence-corrected chi connectivity index (χ1v) is 7.65. The molecular formula is C13H16BrN3S. The first-order valence-electron chi connectivity index (χ1n) is 6.04. The zero-order valence-electron chi connectivity index (χ0n) is 10.3. The lowest BCUT2D eigenvalue weighted by molar-refractivity contribution is 0.668. The van der Waals surface area contributed by atoms with Crippen LogP contribution < -0.4 is 5.32 Å². The third-order valence-corrected chi connectivity index (χ3v) is 3.93. The molecule has 0 saturated heterocycles. The minimum atomic E-state index is 0.825. The molecule has 0 atom stereocenters. The van der Waals surface area contributed by atoms with E-state index in [1.807, 2.05) is 0 Å². The van der Waals surface area contributed by atoms with E-state index in [0.717, 1.165) is 40.4 Å². The highest BCUT2D eigenvalue weighted by atomic mass is 79.9. The SMILES string of the molecule is CCCNCc1nnc(Cc2ccc(Br)cc2)s1. The van der Waals surface area contributed by atoms with Crippen LogP contribution in [0, 0.1) is 0 Å². The standard InChI is InChI=1S/C13H16BrN3S/c1-2-7-15-9-13-17-16-12(18-13)8-10-3-5-11(14)6-4-10/h3-6,15H,2,7-9H2,1H3. The Bertz CT molecular complexity index is 481. The van der Waals surface area contributed by atoms with Gasteiger partial charge in [-0.05, 0) is 30.7 Å². The molecule has 0 saturated carbocycles. The summed E-state index contributed by atoms with van der Waals surface area (Å²) in [5, 5.41) is 13.9. The number of benzene rings is 1. The van der Waals surface area contributed by atoms with Crippen LogP contribution in [0.1, 0.15) is 28.9 Å². The second-order valence-electron chi connectivity index (χ2n) is 4.07. The molecule has 0 spiro atoms. The van der Waals surface area contributed by atoms with E-state index >= 15 is 0 Å². The lowest BCUT2D eigenvalue weighted by atomic mass is 10.2. The molecule has 0 bridgehead atoms. The Hall–Kier alpha value is -0.780. The molecule has 96 valence electrons. The minimum Gasteiger partial charge on any atom is -0.310 e. The van der Waals surface area contributed by atoms with Gasteiger partial charge in [-0.15, -0.1) is 10.2 Å². The zero-order valence-corrected chi connectivity index (χ0v) is 12.7. The van der Waals surface area contributed by atoms with Crippen LogP contribution in [0.4, 0.5) is 0 Å². The molecule has 1 aromatic heterocycles. The highest BCUT2D eigenvalue weighted by molar-refractivity contribution is 9.10. The van der Waals surface area contributed by atoms with Crippen LogP contribution in [0.25, 0.3) is 0 Å². The molecule has 0 amide bonds. The Morgan fingerprint density at radius 3 is 2.61 bits per heavy atom. The average molecular weight is 326 g/mol. The highest BCUT2D eigenvalue weighted by Gasteiger charge is 2.04. The van der Waals surface area contributed by atoms with E-state index in [-0.39, 0.29) is 0 Å². The van der Waals surface area contributed by atoms with Gasteiger partial charge in [0.25, 0.3) is 0 Å². The monoisotopic (exact) mass is 325 g/mol. The highest BCUT2D eigenvalue weighted by Crippen LogP contribution is 2.16. The molecule has 18 heavy (non-hydrogen) atoms. The largest absolute Gasteiger partial charge is 0.310 e. The summed E-state index contributed by atoms with van der Waals surface area (Å²) in [4.78, 5) is 0. The molecule has 2 rings (SSSR count). The summed E-state index contributed by atoms with van der Waals surface area (Å²) in [6, 6.07) is 8.33. The number of hydrogen-bond acceptors (Lipinski definition) is 4. The van der Waals surface area contributed by atoms with Crippen molar-refractivity contribution in [1.82, 2.24) is 15.5 Å². The van der Waals surface area contributed by atoms with Crippen LogP contribution in [-0.2, 0) is 13.0 Å². The third-order valence-electron chi connectivity index (χ3n) is 2.48. The van der Waals surface area contributed by atoms with Crippen LogP contribution in [0.5, 0.6) is 0 Å². The molecule has 0 fully saturated rings. The number of rotatable bonds is 6. The van der Waals surface area contributed by atoms with Crippen LogP contribution in [0.2, 0.25) is 0 Å². The Labute approximate surface area is 120 Å². The summed E-state index contributed by atoms with van der Waals surface area (Å²) in [5.41, 5.74) is 1.27. The second kappa shape index (κ2) is 6.97. The van der Waals surface area contributed by atoms with Crippen molar-refractivity contribution in [3.63, 3.8) is 0 Å². The van der Waals surface area contributed by atoms with E-state index in [1.165, 1.54) is 5.56 Å². The topological polar surface area (TPSA) is 37.8 Å². The van der Waals surface area contributed by atoms with Gasteiger partial charge in [0.1, 0.15) is 10.0 Å². The molecule has 0 aliphatic rings. The van der Waals surface area contributed by atoms with Crippen molar-refractivity contribution in [2.75, 3.05) is 6.54 Å². The maximum Gasteiger partial charge on any atom is 0.131 e. The van der Waals surface area contributed by atoms with E-state index in [9.17, 15) is 0 Å². The Balaban J connectivity index is 1.91. The maximum atomic E-state index is 4.23. The zero-order chi connectivity index (χ0) is 12.8. The molecular weight excluding hydrogens is 310 g/mol. The molecule has 3 nitrogen and oxygen atoms in total. The number of aromatic nitrogens is 2. The molecule has 0 unspecified atom stereocenters. The minimum absolute atomic E-state index is 0.825. The van der Waals surface area contributed by atoms with Crippen LogP contribution in [-0.4, -0.2) is 16.7 Å². The summed E-state index contributed by atoms with van der Waals surface area (Å²) in [6.45, 7) is 4.01. The van der Waals surface area contributed by atoms with Gasteiger partial charge in [0.2, 0.25) is 0 Å². The molecule has 1 heterocycles. The van der Waals surface area contributed by atoms with Gasteiger partial charge in [-0.1, -0.05) is 46.3 Å². The fourth-order valence-corrected chi connectivity index (χ4v) is 2.69. The Morgan fingerprint density at radius 1 is 1.17 bits per heavy atom. The quantitative estimate of drug-likeness (QED) is 0.827. The second-order valence-corrected chi connectivity index (χ2v) is 6.13. The fraction of sp³-hybridized carbons (Fsp3) is 0.385. The van der Waals surface area contributed by atoms with E-state index in [1.54, 1.807) is 11.3 Å². The normalized spacial score (nSPS) is 10.8. The van der Waals surface area contributed by atoms with Crippen molar-refractivity contribution in [2.24, 2.45) is 0 Å². The van der Waals surface area contributed by atoms with Gasteiger partial charge in [0.15, 0.2) is 0 Å². The van der Waals surface area contributed by atoms with E-state index in [4.69, 9.17) is 0 Å².